The van der Waals surface area contributed by atoms with Gasteiger partial charge in [-0.1, -0.05) is 101 Å². The Morgan fingerprint density at radius 1 is 0.736 bits per heavy atom. The number of likely N-dealkylation sites (tertiary alicyclic amines) is 1. The van der Waals surface area contributed by atoms with Crippen LogP contribution in [0.3, 0.4) is 0 Å². The van der Waals surface area contributed by atoms with Crippen LogP contribution < -0.4 is 11.0 Å². The van der Waals surface area contributed by atoms with E-state index in [1.54, 1.807) is 141 Å². The Morgan fingerprint density at radius 2 is 1.50 bits per heavy atom. The van der Waals surface area contributed by atoms with Crippen molar-refractivity contribution in [2.24, 2.45) is 11.0 Å². The molecule has 0 spiro atoms. The summed E-state index contributed by atoms with van der Waals surface area (Å²) in [5, 5.41) is 8.00. The molecule has 0 bridgehead atoms. The summed E-state index contributed by atoms with van der Waals surface area (Å²) in [5.41, 5.74) is 35.3. The number of hydrazone groups is 1. The van der Waals surface area contributed by atoms with Gasteiger partial charge in [-0.15, -0.1) is 0 Å². The molecular weight excluding hydrogens is 951 g/mol. The van der Waals surface area contributed by atoms with E-state index >= 15 is 0 Å². The molecule has 18 rings (SSSR count). The van der Waals surface area contributed by atoms with E-state index in [4.69, 9.17) is 4.98 Å². The molecule has 1 saturated heterocycles. The second-order valence-corrected chi connectivity index (χ2v) is 23.6. The third-order valence-electron chi connectivity index (χ3n) is 19.0. The van der Waals surface area contributed by atoms with Crippen LogP contribution in [0.2, 0.25) is 0 Å². The number of fused-ring (bicyclic) bond motifs is 4. The largest absolute Gasteiger partial charge is 0.321 e. The quantitative estimate of drug-likeness (QED) is 0.102. The zero-order valence-corrected chi connectivity index (χ0v) is 41.1. The third-order valence-corrected chi connectivity index (χ3v) is 19.5. The van der Waals surface area contributed by atoms with Gasteiger partial charge in [0, 0.05) is 38.9 Å². The zero-order valence-electron chi connectivity index (χ0n) is 39.5. The van der Waals surface area contributed by atoms with Crippen molar-refractivity contribution in [2.45, 2.75) is 49.0 Å². The van der Waals surface area contributed by atoms with Crippen molar-refractivity contribution in [1.29, 1.82) is 0 Å². The van der Waals surface area contributed by atoms with E-state index in [-0.39, 0.29) is 17.5 Å². The maximum Gasteiger partial charge on any atom is 0.271 e. The summed E-state index contributed by atoms with van der Waals surface area (Å²) < 4.78 is 3.34. The number of amides is 1. The van der Waals surface area contributed by atoms with Gasteiger partial charge in [-0.05, 0) is 179 Å². The van der Waals surface area contributed by atoms with Crippen LogP contribution in [0.25, 0.3) is 72.2 Å². The minimum absolute atomic E-state index is 0.190. The number of hydrogen-bond acceptors (Lipinski definition) is 4. The van der Waals surface area contributed by atoms with Crippen LogP contribution in [0.15, 0.2) is 142 Å². The van der Waals surface area contributed by atoms with Gasteiger partial charge < -0.3 is 4.48 Å². The van der Waals surface area contributed by atoms with Crippen LogP contribution in [-0.4, -0.2) is 46.8 Å². The summed E-state index contributed by atoms with van der Waals surface area (Å²) in [6.07, 6.45) is 5.12. The second kappa shape index (κ2) is 12.9. The lowest BCUT2D eigenvalue weighted by molar-refractivity contribution is -0.909. The van der Waals surface area contributed by atoms with Gasteiger partial charge in [0.1, 0.15) is 11.9 Å². The molecular formula is C64H43BrN5O2+. The SMILES string of the molecule is C[N+]1(C)CC2c3cc4c5c6c3-c3c(cc7c8c3C6C3C6=C5C(C4)Cc4ccc5cc(c-8c3c5c46)C7)C2C1c1ccc(/C=N/NC(=O)c2ccc(-n3c(-c4ccccc4)nc4ccc(Br)cc4c3=O)cc2)cc1. The Hall–Kier alpha value is -7.52. The van der Waals surface area contributed by atoms with Gasteiger partial charge >= 0.3 is 0 Å². The first-order chi connectivity index (χ1) is 35.2. The molecule has 8 heteroatoms. The highest BCUT2D eigenvalue weighted by atomic mass is 79.9. The number of aromatic nitrogens is 2. The first kappa shape index (κ1) is 39.1. The van der Waals surface area contributed by atoms with Gasteiger partial charge in [-0.3, -0.25) is 14.2 Å². The average molecular weight is 994 g/mol. The minimum Gasteiger partial charge on any atom is -0.321 e. The number of rotatable bonds is 6. The summed E-state index contributed by atoms with van der Waals surface area (Å²) in [6, 6.07) is 44.5. The normalized spacial score (nSPS) is 23.1. The summed E-state index contributed by atoms with van der Waals surface area (Å²) in [4.78, 5) is 32.5. The Morgan fingerprint density at radius 3 is 2.35 bits per heavy atom. The van der Waals surface area contributed by atoms with Gasteiger partial charge in [0.2, 0.25) is 0 Å². The van der Waals surface area contributed by atoms with Crippen LogP contribution in [-0.2, 0) is 19.3 Å². The standard InChI is InChI=1S/C64H42BrN5O2/c1-70(2)28-44-41-24-37-22-35-20-33-12-13-34-21-36-23-38-25-43(54-53(41)57-50(37)48(35)55-46(33)47(34)56-49(36)51(38)58(54)60(57)59(55)56)52(44)61(70)30-10-8-29(9-11-30)27-66-68-63(71)32-14-17-40(18-15-32)69-62(31-6-4-3-5-7-31)67-45-19-16-39(65)26-42(45)64(69)72/h3-19,21,24-27,35,44,52,59-61H,20,22-23,28H2,1-2H3/p+1/b66-27+. The minimum atomic E-state index is -0.335. The van der Waals surface area contributed by atoms with Crippen molar-refractivity contribution < 1.29 is 9.28 Å². The molecule has 1 amide bonds. The highest BCUT2D eigenvalue weighted by Crippen LogP contribution is 2.78. The van der Waals surface area contributed by atoms with E-state index in [0.29, 0.717) is 57.6 Å². The molecule has 0 radical (unpaired) electrons. The molecule has 1 N–H and O–H groups in total. The molecule has 72 heavy (non-hydrogen) atoms. The fourth-order valence-electron chi connectivity index (χ4n) is 16.7. The molecule has 1 aliphatic heterocycles. The van der Waals surface area contributed by atoms with Crippen LogP contribution in [0.4, 0.5) is 0 Å². The van der Waals surface area contributed by atoms with Gasteiger partial charge in [0.15, 0.2) is 0 Å². The van der Waals surface area contributed by atoms with E-state index in [1.165, 1.54) is 23.8 Å². The molecule has 7 nitrogen and oxygen atoms in total. The van der Waals surface area contributed by atoms with Crippen molar-refractivity contribution in [2.75, 3.05) is 20.6 Å². The molecule has 6 unspecified atom stereocenters. The van der Waals surface area contributed by atoms with Crippen LogP contribution in [0.5, 0.6) is 0 Å². The third kappa shape index (κ3) is 4.56. The van der Waals surface area contributed by atoms with Crippen LogP contribution in [0, 0.1) is 5.92 Å². The Bertz CT molecular complexity index is 4300. The Balaban J connectivity index is 0.677. The van der Waals surface area contributed by atoms with E-state index in [1.807, 2.05) is 42.5 Å². The maximum atomic E-state index is 14.0. The Labute approximate surface area is 422 Å². The number of halogens is 1. The number of allylic oxidation sites excluding steroid dienone is 2. The van der Waals surface area contributed by atoms with Crippen molar-refractivity contribution in [3.8, 4) is 39.3 Å². The molecule has 8 aliphatic carbocycles. The highest BCUT2D eigenvalue weighted by Gasteiger charge is 2.62. The van der Waals surface area contributed by atoms with E-state index in [0.717, 1.165) is 33.0 Å². The number of nitrogens with zero attached hydrogens (tertiary/aromatic N) is 4. The first-order valence-corrected chi connectivity index (χ1v) is 26.4. The molecule has 6 atom stereocenters. The summed E-state index contributed by atoms with van der Waals surface area (Å²) >= 11 is 3.51. The molecule has 1 aromatic heterocycles. The van der Waals surface area contributed by atoms with Crippen LogP contribution >= 0.6 is 15.9 Å². The molecule has 9 aromatic rings. The lowest BCUT2D eigenvalue weighted by atomic mass is 9.63. The molecule has 9 aliphatic rings. The van der Waals surface area contributed by atoms with Crippen LogP contribution in [0.1, 0.15) is 112 Å². The smallest absolute Gasteiger partial charge is 0.271 e. The molecule has 342 valence electrons. The maximum absolute atomic E-state index is 14.0. The number of hydrogen-bond donors (Lipinski definition) is 1. The van der Waals surface area contributed by atoms with Crippen molar-refractivity contribution in [3.05, 3.63) is 220 Å². The average Bonchev–Trinajstić information content (AvgIpc) is 4.22. The predicted molar refractivity (Wildman–Crippen MR) is 287 cm³/mol. The van der Waals surface area contributed by atoms with Gasteiger partial charge in [0.25, 0.3) is 11.5 Å². The number of benzene rings is 8. The lowest BCUT2D eigenvalue weighted by Gasteiger charge is -2.39. The summed E-state index contributed by atoms with van der Waals surface area (Å²) in [5.74, 6) is 2.48. The fourth-order valence-corrected chi connectivity index (χ4v) is 17.0. The molecule has 1 fully saturated rings. The van der Waals surface area contributed by atoms with E-state index in [9.17, 15) is 9.59 Å². The lowest BCUT2D eigenvalue weighted by Crippen LogP contribution is -2.39. The first-order valence-electron chi connectivity index (χ1n) is 25.6. The highest BCUT2D eigenvalue weighted by molar-refractivity contribution is 9.10. The summed E-state index contributed by atoms with van der Waals surface area (Å²) in [6.45, 7) is 1.10. The van der Waals surface area contributed by atoms with Crippen molar-refractivity contribution >= 4 is 60.9 Å². The molecule has 2 heterocycles. The van der Waals surface area contributed by atoms with Gasteiger partial charge in [-0.25, -0.2) is 10.4 Å². The van der Waals surface area contributed by atoms with Gasteiger partial charge in [0.05, 0.1) is 49.4 Å². The number of likely N-dealkylation sites (N-methyl/N-ethyl adjacent to an activating group) is 1. The number of carbonyl (C=O) groups excluding carboxylic acids is 1. The second-order valence-electron chi connectivity index (χ2n) is 22.7. The number of nitrogens with one attached hydrogen (secondary N) is 1. The Kier molecular flexibility index (Phi) is 7.02. The fraction of sp³-hybridized carbons (Fsp3) is 0.188. The van der Waals surface area contributed by atoms with Crippen molar-refractivity contribution in [1.82, 2.24) is 15.0 Å². The summed E-state index contributed by atoms with van der Waals surface area (Å²) in [7, 11) is 4.93. The van der Waals surface area contributed by atoms with Crippen molar-refractivity contribution in [3.63, 3.8) is 0 Å². The van der Waals surface area contributed by atoms with E-state index in [2.05, 4.69) is 95.1 Å². The number of quaternary nitrogens is 1. The molecule has 0 saturated carbocycles. The number of carbonyl (C=O) groups is 1. The van der Waals surface area contributed by atoms with Gasteiger partial charge in [-0.2, -0.15) is 5.10 Å². The zero-order chi connectivity index (χ0) is 47.4. The predicted octanol–water partition coefficient (Wildman–Crippen LogP) is 12.5. The monoisotopic (exact) mass is 992 g/mol. The van der Waals surface area contributed by atoms with E-state index < -0.39 is 0 Å². The topological polar surface area (TPSA) is 76.3 Å². The molecule has 8 aromatic carbocycles.